The molecule has 0 radical (unpaired) electrons. The normalized spacial score (nSPS) is 11.0. The van der Waals surface area contributed by atoms with Crippen LogP contribution in [0.5, 0.6) is 0 Å². The number of rotatable bonds is 6. The largest absolute Gasteiger partial charge is 0.321 e. The predicted molar refractivity (Wildman–Crippen MR) is 136 cm³/mol. The van der Waals surface area contributed by atoms with Gasteiger partial charge in [0.25, 0.3) is 5.91 Å². The van der Waals surface area contributed by atoms with Gasteiger partial charge in [0.15, 0.2) is 10.9 Å². The van der Waals surface area contributed by atoms with Crippen molar-refractivity contribution in [2.75, 3.05) is 5.32 Å². The van der Waals surface area contributed by atoms with E-state index in [1.807, 2.05) is 52.0 Å². The van der Waals surface area contributed by atoms with E-state index in [4.69, 9.17) is 23.2 Å². The molecular weight excluding hydrogens is 491 g/mol. The Morgan fingerprint density at radius 3 is 2.15 bits per heavy atom. The molecule has 1 amide bonds. The number of benzene rings is 2. The molecule has 0 saturated carbocycles. The molecular formula is C24H22Cl2N6OS. The van der Waals surface area contributed by atoms with E-state index in [2.05, 4.69) is 25.6 Å². The molecule has 2 heterocycles. The fourth-order valence-electron chi connectivity index (χ4n) is 3.60. The molecule has 0 bridgehead atoms. The van der Waals surface area contributed by atoms with Crippen LogP contribution in [0.25, 0.3) is 5.69 Å². The molecule has 0 fully saturated rings. The zero-order valence-electron chi connectivity index (χ0n) is 19.1. The van der Waals surface area contributed by atoms with Crippen molar-refractivity contribution in [1.82, 2.24) is 25.0 Å². The first-order valence-corrected chi connectivity index (χ1v) is 12.2. The van der Waals surface area contributed by atoms with Crippen LogP contribution in [0.1, 0.15) is 38.7 Å². The molecule has 0 aliphatic rings. The molecule has 10 heteroatoms. The highest BCUT2D eigenvalue weighted by Crippen LogP contribution is 2.27. The van der Waals surface area contributed by atoms with Crippen molar-refractivity contribution < 1.29 is 4.79 Å². The van der Waals surface area contributed by atoms with Crippen molar-refractivity contribution >= 4 is 46.6 Å². The topological polar surface area (TPSA) is 85.6 Å². The second-order valence-electron chi connectivity index (χ2n) is 7.98. The van der Waals surface area contributed by atoms with Crippen molar-refractivity contribution in [1.29, 1.82) is 0 Å². The Morgan fingerprint density at radius 2 is 1.53 bits per heavy atom. The molecule has 0 spiro atoms. The van der Waals surface area contributed by atoms with Crippen molar-refractivity contribution in [3.8, 4) is 5.69 Å². The first-order chi connectivity index (χ1) is 16.2. The molecule has 7 nitrogen and oxygen atoms in total. The monoisotopic (exact) mass is 512 g/mol. The van der Waals surface area contributed by atoms with Gasteiger partial charge in [-0.1, -0.05) is 46.2 Å². The number of aromatic nitrogens is 5. The third-order valence-electron chi connectivity index (χ3n) is 4.85. The smallest absolute Gasteiger partial charge is 0.278 e. The first kappa shape index (κ1) is 24.2. The molecule has 0 aliphatic carbocycles. The maximum atomic E-state index is 13.2. The molecule has 2 aromatic heterocycles. The minimum atomic E-state index is -0.360. The molecule has 0 aliphatic heterocycles. The van der Waals surface area contributed by atoms with E-state index < -0.39 is 0 Å². The average Bonchev–Trinajstić information content (AvgIpc) is 3.14. The molecule has 34 heavy (non-hydrogen) atoms. The Balaban J connectivity index is 1.71. The van der Waals surface area contributed by atoms with Crippen LogP contribution in [0, 0.1) is 27.7 Å². The summed E-state index contributed by atoms with van der Waals surface area (Å²) >= 11 is 13.8. The summed E-state index contributed by atoms with van der Waals surface area (Å²) in [7, 11) is 0. The van der Waals surface area contributed by atoms with Crippen LogP contribution in [0.15, 0.2) is 47.6 Å². The summed E-state index contributed by atoms with van der Waals surface area (Å²) in [5.41, 5.74) is 5.92. The maximum Gasteiger partial charge on any atom is 0.278 e. The van der Waals surface area contributed by atoms with Crippen molar-refractivity contribution in [3.05, 3.63) is 86.4 Å². The summed E-state index contributed by atoms with van der Waals surface area (Å²) in [6.07, 6.45) is 0. The van der Waals surface area contributed by atoms with Gasteiger partial charge in [-0.05, 0) is 75.2 Å². The second kappa shape index (κ2) is 10.1. The summed E-state index contributed by atoms with van der Waals surface area (Å²) in [5.74, 6) is -0.00312. The van der Waals surface area contributed by atoms with Gasteiger partial charge in [-0.2, -0.15) is 0 Å². The van der Waals surface area contributed by atoms with Gasteiger partial charge in [0.05, 0.1) is 11.4 Å². The van der Waals surface area contributed by atoms with E-state index in [-0.39, 0.29) is 11.6 Å². The zero-order chi connectivity index (χ0) is 24.4. The number of halogens is 2. The van der Waals surface area contributed by atoms with Crippen LogP contribution in [0.4, 0.5) is 5.69 Å². The predicted octanol–water partition coefficient (Wildman–Crippen LogP) is 6.14. The molecule has 4 aromatic rings. The molecule has 1 N–H and O–H groups in total. The van der Waals surface area contributed by atoms with Gasteiger partial charge >= 0.3 is 0 Å². The third-order valence-corrected chi connectivity index (χ3v) is 6.14. The Morgan fingerprint density at radius 1 is 0.912 bits per heavy atom. The fourth-order valence-corrected chi connectivity index (χ4v) is 5.06. The lowest BCUT2D eigenvalue weighted by molar-refractivity contribution is 0.102. The number of nitrogens with zero attached hydrogens (tertiary/aromatic N) is 5. The number of anilines is 1. The van der Waals surface area contributed by atoms with E-state index in [0.717, 1.165) is 22.5 Å². The lowest BCUT2D eigenvalue weighted by Gasteiger charge is -2.10. The summed E-state index contributed by atoms with van der Waals surface area (Å²) in [4.78, 5) is 22.2. The van der Waals surface area contributed by atoms with Gasteiger partial charge in [0.2, 0.25) is 0 Å². The van der Waals surface area contributed by atoms with Crippen LogP contribution in [-0.2, 0) is 5.75 Å². The maximum absolute atomic E-state index is 13.2. The highest BCUT2D eigenvalue weighted by Gasteiger charge is 2.22. The van der Waals surface area contributed by atoms with Crippen LogP contribution < -0.4 is 5.32 Å². The molecule has 0 atom stereocenters. The molecule has 0 unspecified atom stereocenters. The Bertz CT molecular complexity index is 1330. The number of aryl methyl sites for hydroxylation is 4. The van der Waals surface area contributed by atoms with E-state index in [1.54, 1.807) is 22.9 Å². The number of thioether (sulfide) groups is 1. The summed E-state index contributed by atoms with van der Waals surface area (Å²) in [6, 6.07) is 12.8. The number of amides is 1. The number of hydrogen-bond acceptors (Lipinski definition) is 6. The van der Waals surface area contributed by atoms with Gasteiger partial charge in [-0.15, -0.1) is 5.10 Å². The Hall–Kier alpha value is -2.94. The third kappa shape index (κ3) is 5.75. The molecule has 2 aromatic carbocycles. The highest BCUT2D eigenvalue weighted by molar-refractivity contribution is 7.98. The average molecular weight is 513 g/mol. The van der Waals surface area contributed by atoms with Gasteiger partial charge in [-0.3, -0.25) is 4.79 Å². The Kier molecular flexibility index (Phi) is 7.21. The lowest BCUT2D eigenvalue weighted by atomic mass is 10.1. The molecule has 0 saturated heterocycles. The minimum absolute atomic E-state index is 0.201. The first-order valence-electron chi connectivity index (χ1n) is 10.4. The van der Waals surface area contributed by atoms with E-state index in [1.165, 1.54) is 11.8 Å². The number of nitrogens with one attached hydrogen (secondary N) is 1. The quantitative estimate of drug-likeness (QED) is 0.246. The summed E-state index contributed by atoms with van der Waals surface area (Å²) < 4.78 is 1.57. The van der Waals surface area contributed by atoms with Crippen LogP contribution in [0.3, 0.4) is 0 Å². The molecule has 174 valence electrons. The van der Waals surface area contributed by atoms with E-state index >= 15 is 0 Å². The zero-order valence-corrected chi connectivity index (χ0v) is 21.4. The highest BCUT2D eigenvalue weighted by atomic mass is 35.5. The van der Waals surface area contributed by atoms with Gasteiger partial charge in [0, 0.05) is 32.9 Å². The van der Waals surface area contributed by atoms with Gasteiger partial charge in [-0.25, -0.2) is 14.6 Å². The van der Waals surface area contributed by atoms with Crippen LogP contribution in [0.2, 0.25) is 10.0 Å². The van der Waals surface area contributed by atoms with Crippen LogP contribution >= 0.6 is 35.0 Å². The second-order valence-corrected chi connectivity index (χ2v) is 9.79. The van der Waals surface area contributed by atoms with Crippen molar-refractivity contribution in [3.63, 3.8) is 0 Å². The summed E-state index contributed by atoms with van der Waals surface area (Å²) in [6.45, 7) is 7.80. The number of hydrogen-bond donors (Lipinski definition) is 1. The number of carbonyl (C=O) groups is 1. The lowest BCUT2D eigenvalue weighted by Crippen LogP contribution is -2.15. The van der Waals surface area contributed by atoms with E-state index in [0.29, 0.717) is 38.0 Å². The fraction of sp³-hybridized carbons (Fsp3) is 0.208. The summed E-state index contributed by atoms with van der Waals surface area (Å²) in [5, 5.41) is 12.9. The standard InChI is InChI=1S/C24H22Cl2N6OS/c1-13-5-14(2)7-19(6-13)29-23(33)22-21(12-34-24-27-15(3)8-16(4)28-24)32(31-30-22)20-10-17(25)9-18(26)11-20/h5-11H,12H2,1-4H3,(H,29,33). The van der Waals surface area contributed by atoms with Gasteiger partial charge in [0.1, 0.15) is 0 Å². The molecule has 4 rings (SSSR count). The van der Waals surface area contributed by atoms with Gasteiger partial charge < -0.3 is 5.32 Å². The van der Waals surface area contributed by atoms with Crippen LogP contribution in [-0.4, -0.2) is 30.9 Å². The van der Waals surface area contributed by atoms with Crippen molar-refractivity contribution in [2.45, 2.75) is 38.6 Å². The minimum Gasteiger partial charge on any atom is -0.321 e. The Labute approximate surface area is 211 Å². The van der Waals surface area contributed by atoms with E-state index in [9.17, 15) is 4.79 Å². The SMILES string of the molecule is Cc1cc(C)cc(NC(=O)c2nnn(-c3cc(Cl)cc(Cl)c3)c2CSc2nc(C)cc(C)n2)c1. The number of carbonyl (C=O) groups excluding carboxylic acids is 1. The van der Waals surface area contributed by atoms with Crippen molar-refractivity contribution in [2.24, 2.45) is 0 Å².